The number of aliphatic hydroxyl groups is 1. The quantitative estimate of drug-likeness (QED) is 0.780. The number of nitrogens with zero attached hydrogens (tertiary/aromatic N) is 1. The molecule has 146 valence electrons. The fourth-order valence-electron chi connectivity index (χ4n) is 6.67. The predicted molar refractivity (Wildman–Crippen MR) is 97.2 cm³/mol. The van der Waals surface area contributed by atoms with Crippen LogP contribution in [0.1, 0.15) is 71.1 Å². The second-order valence-corrected chi connectivity index (χ2v) is 9.96. The van der Waals surface area contributed by atoms with E-state index >= 15 is 0 Å². The molecule has 2 atom stereocenters. The summed E-state index contributed by atoms with van der Waals surface area (Å²) in [5.74, 6) is 1.28. The van der Waals surface area contributed by atoms with Crippen molar-refractivity contribution in [1.82, 2.24) is 4.90 Å². The number of likely N-dealkylation sites (N-methyl/N-ethyl adjacent to an activating group) is 1. The Bertz CT molecular complexity index is 567. The van der Waals surface area contributed by atoms with Gasteiger partial charge >= 0.3 is 5.97 Å². The Morgan fingerprint density at radius 2 is 1.69 bits per heavy atom. The van der Waals surface area contributed by atoms with E-state index in [0.717, 1.165) is 63.7 Å². The van der Waals surface area contributed by atoms with E-state index in [9.17, 15) is 14.7 Å². The molecule has 5 fully saturated rings. The van der Waals surface area contributed by atoms with Crippen molar-refractivity contribution < 1.29 is 19.4 Å². The first-order valence-electron chi connectivity index (χ1n) is 10.4. The highest BCUT2D eigenvalue weighted by atomic mass is 16.5. The zero-order valence-corrected chi connectivity index (χ0v) is 16.2. The predicted octanol–water partition coefficient (Wildman–Crippen LogP) is 2.90. The van der Waals surface area contributed by atoms with E-state index in [0.29, 0.717) is 18.3 Å². The molecular weight excluding hydrogens is 330 g/mol. The van der Waals surface area contributed by atoms with Crippen LogP contribution in [0.3, 0.4) is 0 Å². The average Bonchev–Trinajstić information content (AvgIpc) is 2.57. The first-order chi connectivity index (χ1) is 12.3. The Labute approximate surface area is 156 Å². The van der Waals surface area contributed by atoms with Crippen LogP contribution in [0.25, 0.3) is 0 Å². The van der Waals surface area contributed by atoms with Crippen molar-refractivity contribution in [3.63, 3.8) is 0 Å². The molecule has 4 bridgehead atoms. The van der Waals surface area contributed by atoms with Crippen LogP contribution in [0.4, 0.5) is 0 Å². The van der Waals surface area contributed by atoms with Crippen LogP contribution in [0, 0.1) is 23.2 Å². The van der Waals surface area contributed by atoms with Gasteiger partial charge in [0.2, 0.25) is 0 Å². The number of amides is 1. The lowest BCUT2D eigenvalue weighted by Gasteiger charge is -2.58. The third kappa shape index (κ3) is 3.28. The van der Waals surface area contributed by atoms with E-state index in [2.05, 4.69) is 6.92 Å². The molecule has 0 heterocycles. The molecule has 5 aliphatic carbocycles. The van der Waals surface area contributed by atoms with Gasteiger partial charge in [-0.15, -0.1) is 0 Å². The van der Waals surface area contributed by atoms with Gasteiger partial charge in [0.15, 0.2) is 6.61 Å². The maximum atomic E-state index is 12.9. The number of carbonyl (C=O) groups is 2. The van der Waals surface area contributed by atoms with Crippen molar-refractivity contribution in [2.45, 2.75) is 82.8 Å². The number of hydrogen-bond acceptors (Lipinski definition) is 4. The van der Waals surface area contributed by atoms with Crippen LogP contribution in [0.2, 0.25) is 0 Å². The summed E-state index contributed by atoms with van der Waals surface area (Å²) in [7, 11) is 1.84. The lowest BCUT2D eigenvalue weighted by molar-refractivity contribution is -0.197. The summed E-state index contributed by atoms with van der Waals surface area (Å²) >= 11 is 0. The van der Waals surface area contributed by atoms with Gasteiger partial charge in [-0.05, 0) is 82.0 Å². The van der Waals surface area contributed by atoms with Crippen LogP contribution in [-0.2, 0) is 14.3 Å². The third-order valence-electron chi connectivity index (χ3n) is 7.72. The molecule has 1 amide bonds. The molecule has 0 aliphatic heterocycles. The highest BCUT2D eigenvalue weighted by Crippen LogP contribution is 2.61. The third-order valence-corrected chi connectivity index (χ3v) is 7.72. The number of hydrogen-bond donors (Lipinski definition) is 1. The van der Waals surface area contributed by atoms with Gasteiger partial charge in [0.25, 0.3) is 5.91 Å². The molecule has 5 aliphatic rings. The molecule has 5 nitrogen and oxygen atoms in total. The number of rotatable bonds is 4. The van der Waals surface area contributed by atoms with E-state index in [1.807, 2.05) is 7.05 Å². The van der Waals surface area contributed by atoms with Gasteiger partial charge in [-0.3, -0.25) is 9.59 Å². The Balaban J connectivity index is 1.33. The second-order valence-electron chi connectivity index (χ2n) is 9.96. The van der Waals surface area contributed by atoms with Crippen molar-refractivity contribution in [3.8, 4) is 0 Å². The van der Waals surface area contributed by atoms with Crippen molar-refractivity contribution in [1.29, 1.82) is 0 Å². The summed E-state index contributed by atoms with van der Waals surface area (Å²) < 4.78 is 5.53. The van der Waals surface area contributed by atoms with Crippen LogP contribution in [0.5, 0.6) is 0 Å². The van der Waals surface area contributed by atoms with Crippen LogP contribution >= 0.6 is 0 Å². The summed E-state index contributed by atoms with van der Waals surface area (Å²) in [5, 5.41) is 10.8. The number of ether oxygens (including phenoxy) is 1. The van der Waals surface area contributed by atoms with Crippen LogP contribution in [0.15, 0.2) is 0 Å². The van der Waals surface area contributed by atoms with E-state index in [1.54, 1.807) is 4.90 Å². The average molecular weight is 363 g/mol. The standard InChI is InChI=1S/C21H33NO4/c1-14-3-5-17(6-4-14)22(2)18(23)12-26-19(24)20-8-15-7-16(9-20)11-21(25,10-15)13-20/h14-17,25H,3-13H2,1-2H3/t14?,15-,16-,17?,20?,21?/m0/s1. The van der Waals surface area contributed by atoms with Crippen molar-refractivity contribution in [2.24, 2.45) is 23.2 Å². The number of carbonyl (C=O) groups excluding carboxylic acids is 2. The number of esters is 1. The van der Waals surface area contributed by atoms with Crippen molar-refractivity contribution >= 4 is 11.9 Å². The van der Waals surface area contributed by atoms with Gasteiger partial charge < -0.3 is 14.7 Å². The molecule has 0 unspecified atom stereocenters. The SMILES string of the molecule is CC1CCC(N(C)C(=O)COC(=O)C23C[C@@H]4C[C@H](CC(O)(C4)C2)C3)CC1. The Morgan fingerprint density at radius 1 is 1.08 bits per heavy atom. The molecule has 0 aromatic heterocycles. The van der Waals surface area contributed by atoms with E-state index < -0.39 is 11.0 Å². The maximum absolute atomic E-state index is 12.9. The molecule has 0 radical (unpaired) electrons. The summed E-state index contributed by atoms with van der Waals surface area (Å²) in [4.78, 5) is 27.2. The zero-order valence-electron chi connectivity index (χ0n) is 16.2. The fourth-order valence-corrected chi connectivity index (χ4v) is 6.67. The molecule has 0 aromatic carbocycles. The second kappa shape index (κ2) is 6.50. The maximum Gasteiger partial charge on any atom is 0.312 e. The molecule has 5 saturated carbocycles. The van der Waals surface area contributed by atoms with Crippen LogP contribution < -0.4 is 0 Å². The lowest BCUT2D eigenvalue weighted by atomic mass is 9.48. The molecule has 0 saturated heterocycles. The minimum Gasteiger partial charge on any atom is -0.455 e. The largest absolute Gasteiger partial charge is 0.455 e. The molecular formula is C21H33NO4. The summed E-state index contributed by atoms with van der Waals surface area (Å²) in [6.07, 6.45) is 9.38. The molecule has 5 rings (SSSR count). The van der Waals surface area contributed by atoms with E-state index in [1.165, 1.54) is 0 Å². The lowest BCUT2D eigenvalue weighted by Crippen LogP contribution is -2.58. The normalized spacial score (nSPS) is 44.0. The summed E-state index contributed by atoms with van der Waals surface area (Å²) in [5.41, 5.74) is -1.22. The fraction of sp³-hybridized carbons (Fsp3) is 0.905. The van der Waals surface area contributed by atoms with Gasteiger partial charge in [-0.25, -0.2) is 0 Å². The zero-order chi connectivity index (χ0) is 18.5. The van der Waals surface area contributed by atoms with E-state index in [-0.39, 0.29) is 24.5 Å². The van der Waals surface area contributed by atoms with Crippen molar-refractivity contribution in [3.05, 3.63) is 0 Å². The molecule has 26 heavy (non-hydrogen) atoms. The molecule has 5 heteroatoms. The van der Waals surface area contributed by atoms with Gasteiger partial charge in [0.05, 0.1) is 11.0 Å². The topological polar surface area (TPSA) is 66.8 Å². The van der Waals surface area contributed by atoms with Crippen LogP contribution in [-0.4, -0.2) is 47.2 Å². The Morgan fingerprint density at radius 3 is 2.27 bits per heavy atom. The van der Waals surface area contributed by atoms with Gasteiger partial charge in [-0.2, -0.15) is 0 Å². The monoisotopic (exact) mass is 363 g/mol. The minimum absolute atomic E-state index is 0.0960. The van der Waals surface area contributed by atoms with Gasteiger partial charge in [0.1, 0.15) is 0 Å². The molecule has 0 spiro atoms. The summed E-state index contributed by atoms with van der Waals surface area (Å²) in [6, 6.07) is 0.276. The summed E-state index contributed by atoms with van der Waals surface area (Å²) in [6.45, 7) is 2.11. The van der Waals surface area contributed by atoms with Gasteiger partial charge in [0, 0.05) is 13.1 Å². The molecule has 1 N–H and O–H groups in total. The van der Waals surface area contributed by atoms with E-state index in [4.69, 9.17) is 4.74 Å². The first-order valence-corrected chi connectivity index (χ1v) is 10.4. The Hall–Kier alpha value is -1.10. The Kier molecular flexibility index (Phi) is 4.57. The first kappa shape index (κ1) is 18.3. The minimum atomic E-state index is -0.678. The highest BCUT2D eigenvalue weighted by Gasteiger charge is 2.60. The van der Waals surface area contributed by atoms with Gasteiger partial charge in [-0.1, -0.05) is 6.92 Å². The smallest absolute Gasteiger partial charge is 0.312 e. The molecule has 0 aromatic rings. The van der Waals surface area contributed by atoms with Crippen molar-refractivity contribution in [2.75, 3.05) is 13.7 Å². The highest BCUT2D eigenvalue weighted by molar-refractivity contribution is 5.83.